The van der Waals surface area contributed by atoms with Gasteiger partial charge in [0, 0.05) is 13.1 Å². The fourth-order valence-electron chi connectivity index (χ4n) is 2.93. The number of sulfonamides is 1. The van der Waals surface area contributed by atoms with E-state index in [0.717, 1.165) is 6.07 Å². The number of nitrogens with one attached hydrogen (secondary N) is 1. The quantitative estimate of drug-likeness (QED) is 0.731. The summed E-state index contributed by atoms with van der Waals surface area (Å²) < 4.78 is 39.0. The first-order chi connectivity index (χ1) is 13.3. The van der Waals surface area contributed by atoms with Crippen molar-refractivity contribution in [3.8, 4) is 5.75 Å². The van der Waals surface area contributed by atoms with Gasteiger partial charge in [-0.1, -0.05) is 17.7 Å². The molecular formula is C18H19ClN2O6S. The van der Waals surface area contributed by atoms with Crippen molar-refractivity contribution in [1.29, 1.82) is 0 Å². The molecule has 0 aromatic heterocycles. The van der Waals surface area contributed by atoms with Crippen LogP contribution in [-0.2, 0) is 14.8 Å². The van der Waals surface area contributed by atoms with Crippen LogP contribution in [0.2, 0.25) is 5.02 Å². The number of carboxylic acids is 1. The lowest BCUT2D eigenvalue weighted by Gasteiger charge is -2.31. The number of hydrogen-bond donors (Lipinski definition) is 2. The molecular weight excluding hydrogens is 408 g/mol. The van der Waals surface area contributed by atoms with Crippen LogP contribution in [0.25, 0.3) is 0 Å². The van der Waals surface area contributed by atoms with Gasteiger partial charge in [-0.15, -0.1) is 0 Å². The number of para-hydroxylation sites is 1. The van der Waals surface area contributed by atoms with E-state index in [2.05, 4.69) is 4.72 Å². The van der Waals surface area contributed by atoms with Crippen molar-refractivity contribution in [1.82, 2.24) is 0 Å². The minimum Gasteiger partial charge on any atom is -0.495 e. The number of ether oxygens (including phenoxy) is 2. The maximum absolute atomic E-state index is 13.0. The van der Waals surface area contributed by atoms with E-state index < -0.39 is 16.0 Å². The molecule has 0 atom stereocenters. The summed E-state index contributed by atoms with van der Waals surface area (Å²) in [6, 6.07) is 8.55. The highest BCUT2D eigenvalue weighted by Gasteiger charge is 2.25. The van der Waals surface area contributed by atoms with Crippen molar-refractivity contribution in [3.63, 3.8) is 0 Å². The number of rotatable bonds is 6. The Morgan fingerprint density at radius 2 is 1.96 bits per heavy atom. The Morgan fingerprint density at radius 3 is 2.61 bits per heavy atom. The summed E-state index contributed by atoms with van der Waals surface area (Å²) in [5.74, 6) is -1.21. The molecule has 0 aliphatic carbocycles. The predicted molar refractivity (Wildman–Crippen MR) is 105 cm³/mol. The first-order valence-electron chi connectivity index (χ1n) is 8.39. The SMILES string of the molecule is COc1ccc(C(=O)O)cc1S(=O)(=O)Nc1cccc(Cl)c1N1CCOCC1. The van der Waals surface area contributed by atoms with Crippen LogP contribution in [0.1, 0.15) is 10.4 Å². The van der Waals surface area contributed by atoms with E-state index in [9.17, 15) is 18.3 Å². The van der Waals surface area contributed by atoms with Gasteiger partial charge >= 0.3 is 5.97 Å². The molecule has 0 bridgehead atoms. The molecule has 2 N–H and O–H groups in total. The Labute approximate surface area is 167 Å². The van der Waals surface area contributed by atoms with Gasteiger partial charge in [-0.3, -0.25) is 4.72 Å². The van der Waals surface area contributed by atoms with Gasteiger partial charge in [0.15, 0.2) is 0 Å². The zero-order valence-electron chi connectivity index (χ0n) is 15.0. The standard InChI is InChI=1S/C18H19ClN2O6S/c1-26-15-6-5-12(18(22)23)11-16(15)28(24,25)20-14-4-2-3-13(19)17(14)21-7-9-27-10-8-21/h2-6,11,20H,7-10H2,1H3,(H,22,23). The van der Waals surface area contributed by atoms with E-state index in [1.807, 2.05) is 4.90 Å². The monoisotopic (exact) mass is 426 g/mol. The lowest BCUT2D eigenvalue weighted by atomic mass is 10.2. The number of methoxy groups -OCH3 is 1. The van der Waals surface area contributed by atoms with Crippen molar-refractivity contribution in [2.75, 3.05) is 43.0 Å². The van der Waals surface area contributed by atoms with Crippen LogP contribution >= 0.6 is 11.6 Å². The summed E-state index contributed by atoms with van der Waals surface area (Å²) in [5, 5.41) is 9.58. The van der Waals surface area contributed by atoms with Crippen molar-refractivity contribution in [3.05, 3.63) is 47.0 Å². The first kappa shape index (κ1) is 20.2. The molecule has 1 aliphatic rings. The highest BCUT2D eigenvalue weighted by Crippen LogP contribution is 2.36. The van der Waals surface area contributed by atoms with Gasteiger partial charge in [-0.2, -0.15) is 0 Å². The summed E-state index contributed by atoms with van der Waals surface area (Å²) in [6.45, 7) is 2.14. The van der Waals surface area contributed by atoms with Crippen LogP contribution in [0, 0.1) is 0 Å². The molecule has 28 heavy (non-hydrogen) atoms. The van der Waals surface area contributed by atoms with Gasteiger partial charge < -0.3 is 19.5 Å². The summed E-state index contributed by atoms with van der Waals surface area (Å²) >= 11 is 6.34. The second-order valence-electron chi connectivity index (χ2n) is 6.01. The predicted octanol–water partition coefficient (Wildman–Crippen LogP) is 2.68. The number of carbonyl (C=O) groups is 1. The van der Waals surface area contributed by atoms with Crippen LogP contribution in [-0.4, -0.2) is 52.9 Å². The fraction of sp³-hybridized carbons (Fsp3) is 0.278. The average Bonchev–Trinajstić information content (AvgIpc) is 2.68. The Balaban J connectivity index is 2.03. The normalized spacial score (nSPS) is 14.6. The van der Waals surface area contributed by atoms with Gasteiger partial charge in [0.05, 0.1) is 42.3 Å². The number of morpholine rings is 1. The van der Waals surface area contributed by atoms with Gasteiger partial charge in [0.25, 0.3) is 10.0 Å². The van der Waals surface area contributed by atoms with E-state index in [1.165, 1.54) is 19.2 Å². The number of carboxylic acid groups (broad SMARTS) is 1. The lowest BCUT2D eigenvalue weighted by molar-refractivity contribution is 0.0696. The fourth-order valence-corrected chi connectivity index (χ4v) is 4.48. The minimum absolute atomic E-state index is 0.0347. The van der Waals surface area contributed by atoms with Gasteiger partial charge in [0.2, 0.25) is 0 Å². The van der Waals surface area contributed by atoms with Crippen LogP contribution in [0.5, 0.6) is 5.75 Å². The van der Waals surface area contributed by atoms with E-state index in [-0.39, 0.29) is 21.9 Å². The first-order valence-corrected chi connectivity index (χ1v) is 10.2. The minimum atomic E-state index is -4.14. The lowest BCUT2D eigenvalue weighted by Crippen LogP contribution is -2.37. The maximum atomic E-state index is 13.0. The number of hydrogen-bond acceptors (Lipinski definition) is 6. The molecule has 3 rings (SSSR count). The van der Waals surface area contributed by atoms with Gasteiger partial charge in [-0.05, 0) is 30.3 Å². The molecule has 0 amide bonds. The zero-order valence-corrected chi connectivity index (χ0v) is 16.6. The number of benzene rings is 2. The Bertz CT molecular complexity index is 990. The van der Waals surface area contributed by atoms with E-state index >= 15 is 0 Å². The van der Waals surface area contributed by atoms with Crippen LogP contribution in [0.3, 0.4) is 0 Å². The molecule has 0 saturated carbocycles. The molecule has 2 aromatic carbocycles. The number of aromatic carboxylic acids is 1. The number of nitrogens with zero attached hydrogens (tertiary/aromatic N) is 1. The van der Waals surface area contributed by atoms with E-state index in [4.69, 9.17) is 21.1 Å². The van der Waals surface area contributed by atoms with Crippen LogP contribution < -0.4 is 14.4 Å². The third-order valence-electron chi connectivity index (χ3n) is 4.26. The summed E-state index contributed by atoms with van der Waals surface area (Å²) in [6.07, 6.45) is 0. The van der Waals surface area contributed by atoms with Crippen molar-refractivity contribution in [2.24, 2.45) is 0 Å². The second kappa shape index (κ2) is 8.26. The highest BCUT2D eigenvalue weighted by atomic mass is 35.5. The Kier molecular flexibility index (Phi) is 5.97. The summed E-state index contributed by atoms with van der Waals surface area (Å²) in [4.78, 5) is 12.9. The summed E-state index contributed by atoms with van der Waals surface area (Å²) in [5.41, 5.74) is 0.669. The molecule has 0 spiro atoms. The van der Waals surface area contributed by atoms with Crippen LogP contribution in [0.15, 0.2) is 41.3 Å². The number of anilines is 2. The van der Waals surface area contributed by atoms with Gasteiger partial charge in [0.1, 0.15) is 10.6 Å². The second-order valence-corrected chi connectivity index (χ2v) is 8.07. The smallest absolute Gasteiger partial charge is 0.335 e. The molecule has 2 aromatic rings. The van der Waals surface area contributed by atoms with E-state index in [1.54, 1.807) is 18.2 Å². The Morgan fingerprint density at radius 1 is 1.25 bits per heavy atom. The van der Waals surface area contributed by atoms with Crippen LogP contribution in [0.4, 0.5) is 11.4 Å². The molecule has 150 valence electrons. The maximum Gasteiger partial charge on any atom is 0.335 e. The third-order valence-corrected chi connectivity index (χ3v) is 5.95. The third kappa shape index (κ3) is 4.16. The average molecular weight is 427 g/mol. The molecule has 8 nitrogen and oxygen atoms in total. The largest absolute Gasteiger partial charge is 0.495 e. The summed E-state index contributed by atoms with van der Waals surface area (Å²) in [7, 11) is -2.83. The van der Waals surface area contributed by atoms with Crippen molar-refractivity contribution in [2.45, 2.75) is 4.90 Å². The van der Waals surface area contributed by atoms with Crippen molar-refractivity contribution < 1.29 is 27.8 Å². The Hall–Kier alpha value is -2.49. The highest BCUT2D eigenvalue weighted by molar-refractivity contribution is 7.92. The number of halogens is 1. The molecule has 1 heterocycles. The molecule has 0 unspecified atom stereocenters. The van der Waals surface area contributed by atoms with Gasteiger partial charge in [-0.25, -0.2) is 13.2 Å². The van der Waals surface area contributed by atoms with Crippen molar-refractivity contribution >= 4 is 39.0 Å². The molecule has 0 radical (unpaired) electrons. The molecule has 10 heteroatoms. The van der Waals surface area contributed by atoms with E-state index in [0.29, 0.717) is 37.0 Å². The molecule has 1 saturated heterocycles. The zero-order chi connectivity index (χ0) is 20.3. The molecule has 1 fully saturated rings. The molecule has 1 aliphatic heterocycles. The topological polar surface area (TPSA) is 105 Å².